The normalized spacial score (nSPS) is 10.3. The summed E-state index contributed by atoms with van der Waals surface area (Å²) in [7, 11) is 1.62. The zero-order chi connectivity index (χ0) is 15.9. The van der Waals surface area contributed by atoms with Gasteiger partial charge in [-0.3, -0.25) is 0 Å². The van der Waals surface area contributed by atoms with Crippen LogP contribution in [0, 0.1) is 5.82 Å². The van der Waals surface area contributed by atoms with Crippen LogP contribution in [0.4, 0.5) is 4.39 Å². The maximum absolute atomic E-state index is 13.6. The van der Waals surface area contributed by atoms with Gasteiger partial charge >= 0.3 is 5.97 Å². The molecule has 0 spiro atoms. The number of methoxy groups -OCH3 is 1. The molecule has 0 atom stereocenters. The first-order valence-electron chi connectivity index (χ1n) is 6.86. The van der Waals surface area contributed by atoms with Gasteiger partial charge in [0, 0.05) is 10.6 Å². The molecular weight excluding hydrogens is 303 g/mol. The lowest BCUT2D eigenvalue weighted by Crippen LogP contribution is -2.05. The van der Waals surface area contributed by atoms with Crippen LogP contribution in [0.15, 0.2) is 47.4 Å². The minimum absolute atomic E-state index is 0.235. The van der Waals surface area contributed by atoms with Crippen molar-refractivity contribution in [3.8, 4) is 5.75 Å². The molecule has 3 nitrogen and oxygen atoms in total. The van der Waals surface area contributed by atoms with Gasteiger partial charge in [0.25, 0.3) is 0 Å². The van der Waals surface area contributed by atoms with Crippen molar-refractivity contribution < 1.29 is 18.7 Å². The third kappa shape index (κ3) is 4.49. The van der Waals surface area contributed by atoms with Gasteiger partial charge in [-0.25, -0.2) is 9.18 Å². The van der Waals surface area contributed by atoms with Crippen molar-refractivity contribution in [2.45, 2.75) is 17.6 Å². The molecule has 0 amide bonds. The summed E-state index contributed by atoms with van der Waals surface area (Å²) in [6.07, 6.45) is 0. The number of halogens is 1. The monoisotopic (exact) mass is 320 g/mol. The highest BCUT2D eigenvalue weighted by atomic mass is 32.2. The summed E-state index contributed by atoms with van der Waals surface area (Å²) in [6.45, 7) is 1.99. The minimum Gasteiger partial charge on any atom is -0.497 e. The number of carbonyl (C=O) groups excluding carboxylic acids is 1. The standard InChI is InChI=1S/C17H17FO3S/c1-3-21-17(19)13-8-14(18)10-16(9-13)22-11-12-4-6-15(20-2)7-5-12/h4-10H,3,11H2,1-2H3. The topological polar surface area (TPSA) is 35.5 Å². The number of carbonyl (C=O) groups is 1. The second-order valence-electron chi connectivity index (χ2n) is 4.53. The maximum atomic E-state index is 13.6. The molecule has 0 aliphatic rings. The molecule has 22 heavy (non-hydrogen) atoms. The lowest BCUT2D eigenvalue weighted by atomic mass is 10.2. The highest BCUT2D eigenvalue weighted by Crippen LogP contribution is 2.26. The van der Waals surface area contributed by atoms with Crippen molar-refractivity contribution in [1.29, 1.82) is 0 Å². The second kappa shape index (κ2) is 7.84. The quantitative estimate of drug-likeness (QED) is 0.587. The summed E-state index contributed by atoms with van der Waals surface area (Å²) >= 11 is 1.46. The van der Waals surface area contributed by atoms with Crippen LogP contribution in [0.1, 0.15) is 22.8 Å². The average Bonchev–Trinajstić information content (AvgIpc) is 2.53. The van der Waals surface area contributed by atoms with Crippen molar-refractivity contribution >= 4 is 17.7 Å². The first-order valence-corrected chi connectivity index (χ1v) is 7.84. The molecule has 2 aromatic rings. The summed E-state index contributed by atoms with van der Waals surface area (Å²) in [5.41, 5.74) is 1.33. The van der Waals surface area contributed by atoms with Crippen LogP contribution in [0.25, 0.3) is 0 Å². The molecule has 0 aromatic heterocycles. The molecule has 0 aliphatic heterocycles. The average molecular weight is 320 g/mol. The molecule has 0 radical (unpaired) electrons. The Hall–Kier alpha value is -2.01. The molecule has 0 heterocycles. The van der Waals surface area contributed by atoms with Crippen LogP contribution >= 0.6 is 11.8 Å². The van der Waals surface area contributed by atoms with E-state index in [4.69, 9.17) is 9.47 Å². The summed E-state index contributed by atoms with van der Waals surface area (Å²) < 4.78 is 23.6. The van der Waals surface area contributed by atoms with Crippen LogP contribution in [-0.4, -0.2) is 19.7 Å². The summed E-state index contributed by atoms with van der Waals surface area (Å²) in [6, 6.07) is 11.9. The van der Waals surface area contributed by atoms with E-state index in [1.54, 1.807) is 20.1 Å². The van der Waals surface area contributed by atoms with Crippen molar-refractivity contribution in [2.24, 2.45) is 0 Å². The number of hydrogen-bond donors (Lipinski definition) is 0. The van der Waals surface area contributed by atoms with Crippen LogP contribution in [0.5, 0.6) is 5.75 Å². The Labute approximate surface area is 133 Å². The Kier molecular flexibility index (Phi) is 5.83. The largest absolute Gasteiger partial charge is 0.497 e. The number of esters is 1. The Morgan fingerprint density at radius 1 is 1.18 bits per heavy atom. The van der Waals surface area contributed by atoms with Gasteiger partial charge in [-0.05, 0) is 42.8 Å². The number of ether oxygens (including phenoxy) is 2. The molecule has 0 bridgehead atoms. The smallest absolute Gasteiger partial charge is 0.338 e. The fourth-order valence-corrected chi connectivity index (χ4v) is 2.80. The summed E-state index contributed by atoms with van der Waals surface area (Å²) in [5, 5.41) is 0. The van der Waals surface area contributed by atoms with Crippen LogP contribution < -0.4 is 4.74 Å². The van der Waals surface area contributed by atoms with E-state index in [1.165, 1.54) is 23.9 Å². The van der Waals surface area contributed by atoms with Gasteiger partial charge in [0.05, 0.1) is 19.3 Å². The van der Waals surface area contributed by atoms with Gasteiger partial charge in [0.15, 0.2) is 0 Å². The zero-order valence-corrected chi connectivity index (χ0v) is 13.3. The Morgan fingerprint density at radius 3 is 2.55 bits per heavy atom. The van der Waals surface area contributed by atoms with E-state index >= 15 is 0 Å². The van der Waals surface area contributed by atoms with Crippen molar-refractivity contribution in [3.05, 3.63) is 59.4 Å². The summed E-state index contributed by atoms with van der Waals surface area (Å²) in [5.74, 6) is 0.524. The fourth-order valence-electron chi connectivity index (χ4n) is 1.87. The molecule has 2 rings (SSSR count). The lowest BCUT2D eigenvalue weighted by Gasteiger charge is -2.07. The number of benzene rings is 2. The Morgan fingerprint density at radius 2 is 1.91 bits per heavy atom. The van der Waals surface area contributed by atoms with E-state index in [1.807, 2.05) is 24.3 Å². The maximum Gasteiger partial charge on any atom is 0.338 e. The van der Waals surface area contributed by atoms with Gasteiger partial charge in [-0.1, -0.05) is 12.1 Å². The van der Waals surface area contributed by atoms with Gasteiger partial charge in [0.1, 0.15) is 11.6 Å². The highest BCUT2D eigenvalue weighted by Gasteiger charge is 2.10. The van der Waals surface area contributed by atoms with E-state index in [2.05, 4.69) is 0 Å². The second-order valence-corrected chi connectivity index (χ2v) is 5.58. The fraction of sp³-hybridized carbons (Fsp3) is 0.235. The molecule has 0 N–H and O–H groups in total. The van der Waals surface area contributed by atoms with Gasteiger partial charge in [-0.15, -0.1) is 11.8 Å². The molecule has 0 saturated heterocycles. The molecule has 0 fully saturated rings. The van der Waals surface area contributed by atoms with E-state index < -0.39 is 11.8 Å². The number of thioether (sulfide) groups is 1. The number of hydrogen-bond acceptors (Lipinski definition) is 4. The predicted octanol–water partition coefficient (Wildman–Crippen LogP) is 4.30. The van der Waals surface area contributed by atoms with Crippen molar-refractivity contribution in [1.82, 2.24) is 0 Å². The third-order valence-electron chi connectivity index (χ3n) is 2.95. The first kappa shape index (κ1) is 16.4. The van der Waals surface area contributed by atoms with Gasteiger partial charge in [0.2, 0.25) is 0 Å². The summed E-state index contributed by atoms with van der Waals surface area (Å²) in [4.78, 5) is 12.4. The highest BCUT2D eigenvalue weighted by molar-refractivity contribution is 7.98. The Balaban J connectivity index is 2.06. The van der Waals surface area contributed by atoms with E-state index in [9.17, 15) is 9.18 Å². The Bertz CT molecular complexity index is 641. The number of rotatable bonds is 6. The van der Waals surface area contributed by atoms with Crippen LogP contribution in [0.2, 0.25) is 0 Å². The third-order valence-corrected chi connectivity index (χ3v) is 3.99. The first-order chi connectivity index (χ1) is 10.6. The zero-order valence-electron chi connectivity index (χ0n) is 12.5. The molecule has 0 saturated carbocycles. The molecule has 0 unspecified atom stereocenters. The van der Waals surface area contributed by atoms with Crippen molar-refractivity contribution in [3.63, 3.8) is 0 Å². The van der Waals surface area contributed by atoms with Crippen LogP contribution in [-0.2, 0) is 10.5 Å². The van der Waals surface area contributed by atoms with Gasteiger partial charge in [-0.2, -0.15) is 0 Å². The molecule has 2 aromatic carbocycles. The van der Waals surface area contributed by atoms with Crippen molar-refractivity contribution in [2.75, 3.05) is 13.7 Å². The van der Waals surface area contributed by atoms with E-state index in [0.29, 0.717) is 10.6 Å². The molecule has 116 valence electrons. The van der Waals surface area contributed by atoms with E-state index in [-0.39, 0.29) is 12.2 Å². The minimum atomic E-state index is -0.506. The lowest BCUT2D eigenvalue weighted by molar-refractivity contribution is 0.0525. The molecule has 0 aliphatic carbocycles. The SMILES string of the molecule is CCOC(=O)c1cc(F)cc(SCc2ccc(OC)cc2)c1. The predicted molar refractivity (Wildman–Crippen MR) is 84.9 cm³/mol. The molecular formula is C17H17FO3S. The van der Waals surface area contributed by atoms with Crippen LogP contribution in [0.3, 0.4) is 0 Å². The van der Waals surface area contributed by atoms with E-state index in [0.717, 1.165) is 11.3 Å². The molecule has 5 heteroatoms. The van der Waals surface area contributed by atoms with Gasteiger partial charge < -0.3 is 9.47 Å².